The summed E-state index contributed by atoms with van der Waals surface area (Å²) in [5.41, 5.74) is -3.79. The van der Waals surface area contributed by atoms with Crippen LogP contribution in [0.2, 0.25) is 0 Å². The van der Waals surface area contributed by atoms with E-state index in [4.69, 9.17) is 0 Å². The minimum atomic E-state index is -1.98. The third-order valence-corrected chi connectivity index (χ3v) is 9.64. The summed E-state index contributed by atoms with van der Waals surface area (Å²) in [7, 11) is -1.98. The Kier molecular flexibility index (Phi) is 4.63. The largest absolute Gasteiger partial charge is 0.273 e. The van der Waals surface area contributed by atoms with E-state index in [1.807, 2.05) is 6.07 Å². The molecule has 0 atom stereocenters. The van der Waals surface area contributed by atoms with Crippen LogP contribution in [-0.4, -0.2) is 33.0 Å². The number of nitrogens with zero attached hydrogens (tertiary/aromatic N) is 2. The first-order chi connectivity index (χ1) is 13.1. The fourth-order valence-electron chi connectivity index (χ4n) is 3.54. The van der Waals surface area contributed by atoms with Gasteiger partial charge in [0.05, 0.1) is 21.7 Å². The maximum atomic E-state index is 13.4. The van der Waals surface area contributed by atoms with Crippen molar-refractivity contribution in [3.63, 3.8) is 0 Å². The lowest BCUT2D eigenvalue weighted by molar-refractivity contribution is -0.136. The summed E-state index contributed by atoms with van der Waals surface area (Å²) < 4.78 is 2.38. The van der Waals surface area contributed by atoms with Crippen LogP contribution in [0.3, 0.4) is 0 Å². The van der Waals surface area contributed by atoms with Crippen molar-refractivity contribution < 1.29 is 19.2 Å². The molecule has 4 amide bonds. The van der Waals surface area contributed by atoms with Crippen LogP contribution in [0.4, 0.5) is 0 Å². The second-order valence-corrected chi connectivity index (χ2v) is 11.9. The van der Waals surface area contributed by atoms with Gasteiger partial charge in [-0.3, -0.25) is 19.2 Å². The predicted molar refractivity (Wildman–Crippen MR) is 112 cm³/mol. The van der Waals surface area contributed by atoms with Crippen LogP contribution in [-0.2, 0) is 19.2 Å². The molecule has 0 spiro atoms. The molecule has 0 bridgehead atoms. The van der Waals surface area contributed by atoms with Gasteiger partial charge in [-0.25, -0.2) is 9.34 Å². The van der Waals surface area contributed by atoms with Crippen LogP contribution in [0.5, 0.6) is 0 Å². The van der Waals surface area contributed by atoms with Crippen LogP contribution < -0.4 is 5.30 Å². The molecule has 0 N–H and O–H groups in total. The minimum Gasteiger partial charge on any atom is -0.273 e. The molecule has 0 aliphatic carbocycles. The summed E-state index contributed by atoms with van der Waals surface area (Å²) in [5, 5.41) is 0.618. The number of carbonyl (C=O) groups is 4. The summed E-state index contributed by atoms with van der Waals surface area (Å²) in [4.78, 5) is 53.7. The van der Waals surface area contributed by atoms with Crippen LogP contribution in [0.15, 0.2) is 30.3 Å². The Morgan fingerprint density at radius 2 is 0.828 bits per heavy atom. The van der Waals surface area contributed by atoms with E-state index < -0.39 is 29.9 Å². The Labute approximate surface area is 173 Å². The number of amides is 4. The first-order valence-corrected chi connectivity index (χ1v) is 11.0. The van der Waals surface area contributed by atoms with Crippen molar-refractivity contribution in [2.24, 2.45) is 21.7 Å². The van der Waals surface area contributed by atoms with Crippen molar-refractivity contribution >= 4 is 37.2 Å². The maximum Gasteiger partial charge on any atom is 0.240 e. The monoisotopic (exact) mass is 416 g/mol. The molecule has 2 fully saturated rings. The zero-order valence-corrected chi connectivity index (χ0v) is 19.3. The Balaban J connectivity index is 2.25. The van der Waals surface area contributed by atoms with Gasteiger partial charge in [0.1, 0.15) is 8.22 Å². The predicted octanol–water partition coefficient (Wildman–Crippen LogP) is 3.47. The topological polar surface area (TPSA) is 74.8 Å². The van der Waals surface area contributed by atoms with E-state index in [1.54, 1.807) is 79.7 Å². The number of imide groups is 2. The molecular weight excluding hydrogens is 387 g/mol. The lowest BCUT2D eigenvalue weighted by Crippen LogP contribution is -2.42. The molecule has 0 unspecified atom stereocenters. The van der Waals surface area contributed by atoms with E-state index in [1.165, 1.54) is 9.34 Å². The van der Waals surface area contributed by atoms with E-state index in [0.29, 0.717) is 5.30 Å². The molecule has 6 nitrogen and oxygen atoms in total. The van der Waals surface area contributed by atoms with E-state index in [9.17, 15) is 19.2 Å². The summed E-state index contributed by atoms with van der Waals surface area (Å²) in [6, 6.07) is 8.92. The molecule has 2 aliphatic heterocycles. The van der Waals surface area contributed by atoms with Gasteiger partial charge in [0.15, 0.2) is 0 Å². The maximum absolute atomic E-state index is 13.4. The highest BCUT2D eigenvalue weighted by Crippen LogP contribution is 2.61. The highest BCUT2D eigenvalue weighted by atomic mass is 31.1. The number of carbonyl (C=O) groups excluding carboxylic acids is 4. The third kappa shape index (κ3) is 2.58. The highest BCUT2D eigenvalue weighted by Gasteiger charge is 2.66. The second-order valence-electron chi connectivity index (χ2n) is 9.97. The molecular formula is C22H29N2O4P. The number of hydrogen-bond donors (Lipinski definition) is 0. The van der Waals surface area contributed by atoms with Gasteiger partial charge >= 0.3 is 0 Å². The minimum absolute atomic E-state index is 0.356. The van der Waals surface area contributed by atoms with Gasteiger partial charge in [-0.15, -0.1) is 0 Å². The molecule has 29 heavy (non-hydrogen) atoms. The van der Waals surface area contributed by atoms with E-state index in [-0.39, 0.29) is 23.6 Å². The quantitative estimate of drug-likeness (QED) is 0.559. The zero-order valence-electron chi connectivity index (χ0n) is 18.4. The Bertz CT molecular complexity index is 810. The van der Waals surface area contributed by atoms with Gasteiger partial charge in [0, 0.05) is 5.30 Å². The molecule has 2 heterocycles. The summed E-state index contributed by atoms with van der Waals surface area (Å²) in [6.45, 7) is 13.9. The molecule has 7 heteroatoms. The van der Waals surface area contributed by atoms with Gasteiger partial charge in [0.25, 0.3) is 0 Å². The lowest BCUT2D eigenvalue weighted by atomic mass is 9.70. The smallest absolute Gasteiger partial charge is 0.240 e. The van der Waals surface area contributed by atoms with Crippen LogP contribution in [0.25, 0.3) is 0 Å². The van der Waals surface area contributed by atoms with Gasteiger partial charge in [-0.2, -0.15) is 0 Å². The standard InChI is InChI=1S/C22H29N2O4P/c1-19(2)15(25)23(16(26)20(19,3)4)29(14-12-10-9-11-13-14)24-17(27)21(5,6)22(7,8)18(24)28/h9-13H,1-8H3. The molecule has 1 aromatic rings. The fraction of sp³-hybridized carbons (Fsp3) is 0.545. The van der Waals surface area contributed by atoms with Gasteiger partial charge in [-0.05, 0) is 55.4 Å². The van der Waals surface area contributed by atoms with E-state index in [0.717, 1.165) is 0 Å². The number of benzene rings is 1. The SMILES string of the molecule is CC1(C)C(=O)N(P(c2ccccc2)N2C(=O)C(C)(C)C(C)(C)C2=O)C(=O)C1(C)C. The fourth-order valence-corrected chi connectivity index (χ4v) is 6.31. The average Bonchev–Trinajstić information content (AvgIpc) is 2.84. The van der Waals surface area contributed by atoms with Crippen molar-refractivity contribution in [2.45, 2.75) is 55.4 Å². The van der Waals surface area contributed by atoms with Gasteiger partial charge < -0.3 is 0 Å². The first kappa shape index (κ1) is 21.6. The first-order valence-electron chi connectivity index (χ1n) is 9.75. The summed E-state index contributed by atoms with van der Waals surface area (Å²) in [5.74, 6) is -1.42. The molecule has 0 aromatic heterocycles. The molecule has 156 valence electrons. The second kappa shape index (κ2) is 6.21. The highest BCUT2D eigenvalue weighted by molar-refractivity contribution is 7.63. The van der Waals surface area contributed by atoms with Crippen LogP contribution >= 0.6 is 8.22 Å². The lowest BCUT2D eigenvalue weighted by Gasteiger charge is -2.33. The average molecular weight is 416 g/mol. The molecule has 2 saturated heterocycles. The Morgan fingerprint density at radius 1 is 0.552 bits per heavy atom. The van der Waals surface area contributed by atoms with Crippen LogP contribution in [0, 0.1) is 21.7 Å². The van der Waals surface area contributed by atoms with Crippen LogP contribution in [0.1, 0.15) is 55.4 Å². The zero-order chi connectivity index (χ0) is 22.2. The number of rotatable bonds is 3. The van der Waals surface area contributed by atoms with Crippen molar-refractivity contribution in [1.29, 1.82) is 0 Å². The molecule has 2 aliphatic rings. The summed E-state index contributed by atoms with van der Waals surface area (Å²) >= 11 is 0. The van der Waals surface area contributed by atoms with E-state index >= 15 is 0 Å². The van der Waals surface area contributed by atoms with Crippen molar-refractivity contribution in [2.75, 3.05) is 0 Å². The number of hydrogen-bond acceptors (Lipinski definition) is 4. The Morgan fingerprint density at radius 3 is 1.10 bits per heavy atom. The van der Waals surface area contributed by atoms with Crippen molar-refractivity contribution in [3.05, 3.63) is 30.3 Å². The molecule has 1 aromatic carbocycles. The van der Waals surface area contributed by atoms with E-state index in [2.05, 4.69) is 0 Å². The Hall–Kier alpha value is -2.07. The normalized spacial score (nSPS) is 24.7. The van der Waals surface area contributed by atoms with Gasteiger partial charge in [-0.1, -0.05) is 30.3 Å². The third-order valence-electron chi connectivity index (χ3n) is 7.40. The molecule has 0 saturated carbocycles. The van der Waals surface area contributed by atoms with Crippen molar-refractivity contribution in [3.8, 4) is 0 Å². The summed E-state index contributed by atoms with van der Waals surface area (Å²) in [6.07, 6.45) is 0. The molecule has 0 radical (unpaired) electrons. The molecule has 3 rings (SSSR count). The van der Waals surface area contributed by atoms with Gasteiger partial charge in [0.2, 0.25) is 23.6 Å². The van der Waals surface area contributed by atoms with Crippen molar-refractivity contribution in [1.82, 2.24) is 9.34 Å².